The summed E-state index contributed by atoms with van der Waals surface area (Å²) >= 11 is 13.4. The molecule has 1 saturated heterocycles. The fourth-order valence-electron chi connectivity index (χ4n) is 3.20. The zero-order chi connectivity index (χ0) is 25.1. The van der Waals surface area contributed by atoms with Crippen LogP contribution in [0.2, 0.25) is 10.0 Å². The van der Waals surface area contributed by atoms with E-state index in [1.165, 1.54) is 49.6 Å². The van der Waals surface area contributed by atoms with Crippen molar-refractivity contribution >= 4 is 58.2 Å². The van der Waals surface area contributed by atoms with E-state index >= 15 is 0 Å². The number of benzene rings is 2. The highest BCUT2D eigenvalue weighted by Crippen LogP contribution is 2.38. The second kappa shape index (κ2) is 10.6. The van der Waals surface area contributed by atoms with Gasteiger partial charge in [-0.25, -0.2) is 9.18 Å². The summed E-state index contributed by atoms with van der Waals surface area (Å²) in [5.41, 5.74) is 1.08. The van der Waals surface area contributed by atoms with Crippen molar-refractivity contribution in [2.45, 2.75) is 13.2 Å². The lowest BCUT2D eigenvalue weighted by Crippen LogP contribution is -2.27. The second-order valence-electron chi connectivity index (χ2n) is 7.26. The van der Waals surface area contributed by atoms with Gasteiger partial charge in [0.05, 0.1) is 28.6 Å². The molecular formula is C24H16Cl2FNO6S. The van der Waals surface area contributed by atoms with E-state index in [9.17, 15) is 18.8 Å². The van der Waals surface area contributed by atoms with Gasteiger partial charge in [-0.1, -0.05) is 35.3 Å². The lowest BCUT2D eigenvalue weighted by Gasteiger charge is -2.11. The topological polar surface area (TPSA) is 86.0 Å². The van der Waals surface area contributed by atoms with E-state index in [0.29, 0.717) is 11.1 Å². The monoisotopic (exact) mass is 535 g/mol. The number of hydrogen-bond donors (Lipinski definition) is 0. The van der Waals surface area contributed by atoms with Crippen molar-refractivity contribution in [3.05, 3.63) is 91.9 Å². The largest absolute Gasteiger partial charge is 0.486 e. The summed E-state index contributed by atoms with van der Waals surface area (Å²) in [5, 5.41) is -0.125. The number of nitrogens with zero attached hydrogens (tertiary/aromatic N) is 1. The van der Waals surface area contributed by atoms with Gasteiger partial charge in [-0.2, -0.15) is 0 Å². The first-order valence-corrected chi connectivity index (χ1v) is 11.6. The number of carbonyl (C=O) groups is 3. The molecule has 4 rings (SSSR count). The molecule has 0 aliphatic carbocycles. The van der Waals surface area contributed by atoms with Crippen LogP contribution in [0.25, 0.3) is 6.08 Å². The maximum atomic E-state index is 13.4. The van der Waals surface area contributed by atoms with E-state index in [1.54, 1.807) is 12.1 Å². The molecule has 2 aromatic carbocycles. The van der Waals surface area contributed by atoms with E-state index in [4.69, 9.17) is 32.4 Å². The highest BCUT2D eigenvalue weighted by molar-refractivity contribution is 8.18. The van der Waals surface area contributed by atoms with Gasteiger partial charge in [0.2, 0.25) is 5.76 Å². The quantitative estimate of drug-likeness (QED) is 0.258. The molecule has 0 bridgehead atoms. The Morgan fingerprint density at radius 1 is 1.14 bits per heavy atom. The molecule has 0 unspecified atom stereocenters. The van der Waals surface area contributed by atoms with Gasteiger partial charge in [-0.3, -0.25) is 14.5 Å². The molecule has 0 saturated carbocycles. The summed E-state index contributed by atoms with van der Waals surface area (Å²) in [5.74, 6) is -1.16. The van der Waals surface area contributed by atoms with Crippen LogP contribution in [0.15, 0.2) is 57.9 Å². The van der Waals surface area contributed by atoms with Gasteiger partial charge >= 0.3 is 5.97 Å². The number of hydrogen-bond acceptors (Lipinski definition) is 7. The number of carbonyl (C=O) groups excluding carboxylic acids is 3. The SMILES string of the molecule is COC(=O)c1ccc(CN2C(=O)S/C(=C/c3cc(Cl)c(OCc4cccc(F)c4)c(Cl)c3)C2=O)o1. The molecule has 2 heterocycles. The zero-order valence-electron chi connectivity index (χ0n) is 18.0. The molecule has 11 heteroatoms. The Kier molecular flexibility index (Phi) is 7.49. The molecule has 0 atom stereocenters. The zero-order valence-corrected chi connectivity index (χ0v) is 20.4. The third kappa shape index (κ3) is 5.70. The summed E-state index contributed by atoms with van der Waals surface area (Å²) in [6.07, 6.45) is 1.49. The van der Waals surface area contributed by atoms with Gasteiger partial charge in [0.15, 0.2) is 5.75 Å². The maximum Gasteiger partial charge on any atom is 0.373 e. The van der Waals surface area contributed by atoms with Gasteiger partial charge < -0.3 is 13.9 Å². The normalized spacial score (nSPS) is 14.6. The number of thioether (sulfide) groups is 1. The minimum atomic E-state index is -0.664. The molecule has 1 fully saturated rings. The van der Waals surface area contributed by atoms with Crippen molar-refractivity contribution in [3.8, 4) is 5.75 Å². The van der Waals surface area contributed by atoms with E-state index in [0.717, 1.165) is 16.7 Å². The fraction of sp³-hybridized carbons (Fsp3) is 0.125. The molecule has 0 spiro atoms. The molecule has 1 aromatic heterocycles. The van der Waals surface area contributed by atoms with Crippen molar-refractivity contribution in [2.75, 3.05) is 7.11 Å². The molecule has 1 aliphatic heterocycles. The molecule has 3 aromatic rings. The third-order valence-corrected chi connectivity index (χ3v) is 6.30. The van der Waals surface area contributed by atoms with Gasteiger partial charge in [0.25, 0.3) is 11.1 Å². The van der Waals surface area contributed by atoms with Crippen LogP contribution < -0.4 is 4.74 Å². The number of furan rings is 1. The first-order chi connectivity index (χ1) is 16.7. The Morgan fingerprint density at radius 3 is 2.57 bits per heavy atom. The molecular weight excluding hydrogens is 520 g/mol. The summed E-state index contributed by atoms with van der Waals surface area (Å²) in [6, 6.07) is 11.9. The smallest absolute Gasteiger partial charge is 0.373 e. The van der Waals surface area contributed by atoms with Crippen LogP contribution in [-0.4, -0.2) is 29.1 Å². The van der Waals surface area contributed by atoms with Crippen molar-refractivity contribution in [1.82, 2.24) is 4.90 Å². The standard InChI is InChI=1S/C24H16Cl2FNO6S/c1-32-23(30)19-6-5-16(34-19)11-28-22(29)20(35-24(28)31)10-14-8-17(25)21(18(26)9-14)33-12-13-3-2-4-15(27)7-13/h2-10H,11-12H2,1H3/b20-10+. The van der Waals surface area contributed by atoms with Crippen LogP contribution in [0.5, 0.6) is 5.75 Å². The van der Waals surface area contributed by atoms with Crippen LogP contribution >= 0.6 is 35.0 Å². The van der Waals surface area contributed by atoms with Crippen molar-refractivity contribution < 1.29 is 32.7 Å². The summed E-state index contributed by atoms with van der Waals surface area (Å²) in [4.78, 5) is 37.9. The third-order valence-electron chi connectivity index (χ3n) is 4.83. The van der Waals surface area contributed by atoms with Crippen LogP contribution in [-0.2, 0) is 22.7 Å². The minimum absolute atomic E-state index is 0.0333. The van der Waals surface area contributed by atoms with E-state index in [-0.39, 0.29) is 51.2 Å². The molecule has 2 amide bonds. The second-order valence-corrected chi connectivity index (χ2v) is 9.07. The lowest BCUT2D eigenvalue weighted by atomic mass is 10.2. The van der Waals surface area contributed by atoms with Gasteiger partial charge in [-0.05, 0) is 65.4 Å². The fourth-order valence-corrected chi connectivity index (χ4v) is 4.65. The Balaban J connectivity index is 1.48. The van der Waals surface area contributed by atoms with Crippen LogP contribution in [0.4, 0.5) is 9.18 Å². The Morgan fingerprint density at radius 2 is 1.89 bits per heavy atom. The number of rotatable bonds is 7. The minimum Gasteiger partial charge on any atom is -0.486 e. The number of esters is 1. The summed E-state index contributed by atoms with van der Waals surface area (Å²) < 4.78 is 28.9. The lowest BCUT2D eigenvalue weighted by molar-refractivity contribution is -0.123. The number of methoxy groups -OCH3 is 1. The van der Waals surface area contributed by atoms with Crippen LogP contribution in [0.3, 0.4) is 0 Å². The van der Waals surface area contributed by atoms with Crippen LogP contribution in [0.1, 0.15) is 27.4 Å². The van der Waals surface area contributed by atoms with Gasteiger partial charge in [-0.15, -0.1) is 0 Å². The number of imide groups is 1. The summed E-state index contributed by atoms with van der Waals surface area (Å²) in [7, 11) is 1.22. The number of ether oxygens (including phenoxy) is 2. The predicted molar refractivity (Wildman–Crippen MR) is 129 cm³/mol. The highest BCUT2D eigenvalue weighted by atomic mass is 35.5. The molecule has 0 N–H and O–H groups in total. The van der Waals surface area contributed by atoms with Gasteiger partial charge in [0.1, 0.15) is 18.2 Å². The first-order valence-electron chi connectivity index (χ1n) is 10.0. The highest BCUT2D eigenvalue weighted by Gasteiger charge is 2.36. The van der Waals surface area contributed by atoms with E-state index in [1.807, 2.05) is 0 Å². The molecule has 0 radical (unpaired) electrons. The molecule has 1 aliphatic rings. The predicted octanol–water partition coefficient (Wildman–Crippen LogP) is 6.33. The van der Waals surface area contributed by atoms with Crippen molar-refractivity contribution in [2.24, 2.45) is 0 Å². The summed E-state index contributed by atoms with van der Waals surface area (Å²) in [6.45, 7) is -0.0900. The van der Waals surface area contributed by atoms with Crippen molar-refractivity contribution in [1.29, 1.82) is 0 Å². The first kappa shape index (κ1) is 24.8. The number of amides is 2. The Labute approximate surface area is 213 Å². The van der Waals surface area contributed by atoms with Crippen LogP contribution in [0, 0.1) is 5.82 Å². The average molecular weight is 536 g/mol. The molecule has 35 heavy (non-hydrogen) atoms. The maximum absolute atomic E-state index is 13.4. The van der Waals surface area contributed by atoms with E-state index in [2.05, 4.69) is 4.74 Å². The molecule has 180 valence electrons. The number of halogens is 3. The average Bonchev–Trinajstić information content (AvgIpc) is 3.38. The van der Waals surface area contributed by atoms with Gasteiger partial charge in [0, 0.05) is 0 Å². The Bertz CT molecular complexity index is 1330. The van der Waals surface area contributed by atoms with E-state index < -0.39 is 17.1 Å². The molecule has 7 nitrogen and oxygen atoms in total. The Hall–Kier alpha value is -3.27. The van der Waals surface area contributed by atoms with Crippen molar-refractivity contribution in [3.63, 3.8) is 0 Å².